The third-order valence-corrected chi connectivity index (χ3v) is 2.95. The Hall–Kier alpha value is -1.89. The minimum absolute atomic E-state index is 0.00193. The summed E-state index contributed by atoms with van der Waals surface area (Å²) in [6, 6.07) is 1.73. The largest absolute Gasteiger partial charge is 0.363 e. The lowest BCUT2D eigenvalue weighted by atomic mass is 10.3. The highest BCUT2D eigenvalue weighted by atomic mass is 16.1. The zero-order valence-electron chi connectivity index (χ0n) is 8.60. The highest BCUT2D eigenvalue weighted by Gasteiger charge is 2.41. The zero-order valence-corrected chi connectivity index (χ0v) is 8.60. The molecule has 0 bridgehead atoms. The van der Waals surface area contributed by atoms with Crippen molar-refractivity contribution in [1.29, 1.82) is 0 Å². The van der Waals surface area contributed by atoms with E-state index in [2.05, 4.69) is 20.5 Å². The van der Waals surface area contributed by atoms with Crippen LogP contribution in [0.15, 0.2) is 17.2 Å². The van der Waals surface area contributed by atoms with Crippen LogP contribution in [0.5, 0.6) is 0 Å². The molecule has 0 amide bonds. The van der Waals surface area contributed by atoms with Gasteiger partial charge in [0, 0.05) is 12.6 Å². The molecule has 84 valence electrons. The van der Waals surface area contributed by atoms with Crippen LogP contribution >= 0.6 is 0 Å². The molecule has 0 radical (unpaired) electrons. The summed E-state index contributed by atoms with van der Waals surface area (Å²) in [4.78, 5) is 15.4. The number of fused-ring (bicyclic) bond motifs is 1. The van der Waals surface area contributed by atoms with Gasteiger partial charge in [-0.15, -0.1) is 0 Å². The average molecular weight is 220 g/mol. The van der Waals surface area contributed by atoms with E-state index in [9.17, 15) is 4.79 Å². The molecule has 1 aliphatic carbocycles. The van der Waals surface area contributed by atoms with E-state index in [1.807, 2.05) is 0 Å². The monoisotopic (exact) mass is 220 g/mol. The van der Waals surface area contributed by atoms with Crippen LogP contribution in [0.2, 0.25) is 0 Å². The quantitative estimate of drug-likeness (QED) is 0.636. The van der Waals surface area contributed by atoms with Crippen LogP contribution in [0.1, 0.15) is 12.8 Å². The Kier molecular flexibility index (Phi) is 1.78. The van der Waals surface area contributed by atoms with Crippen molar-refractivity contribution >= 4 is 11.5 Å². The molecule has 7 heteroatoms. The number of nitrogens with zero attached hydrogens (tertiary/aromatic N) is 3. The summed E-state index contributed by atoms with van der Waals surface area (Å²) in [5, 5.41) is 9.51. The van der Waals surface area contributed by atoms with Gasteiger partial charge in [0.15, 0.2) is 5.65 Å². The Morgan fingerprint density at radius 3 is 3.12 bits per heavy atom. The number of rotatable bonds is 3. The third kappa shape index (κ3) is 1.36. The van der Waals surface area contributed by atoms with Crippen molar-refractivity contribution < 1.29 is 0 Å². The van der Waals surface area contributed by atoms with Gasteiger partial charge in [-0.25, -0.2) is 19.3 Å². The first kappa shape index (κ1) is 9.34. The molecule has 2 aromatic rings. The minimum Gasteiger partial charge on any atom is -0.363 e. The molecule has 0 aromatic carbocycles. The summed E-state index contributed by atoms with van der Waals surface area (Å²) >= 11 is 0. The summed E-state index contributed by atoms with van der Waals surface area (Å²) in [5.41, 5.74) is 5.94. The van der Waals surface area contributed by atoms with Crippen molar-refractivity contribution in [1.82, 2.24) is 19.6 Å². The highest BCUT2D eigenvalue weighted by Crippen LogP contribution is 2.37. The summed E-state index contributed by atoms with van der Waals surface area (Å²) in [5.74, 6) is 0.703. The fourth-order valence-electron chi connectivity index (χ4n) is 1.68. The predicted molar refractivity (Wildman–Crippen MR) is 58.2 cm³/mol. The van der Waals surface area contributed by atoms with Crippen LogP contribution in [0.3, 0.4) is 0 Å². The molecule has 1 saturated carbocycles. The molecule has 16 heavy (non-hydrogen) atoms. The van der Waals surface area contributed by atoms with Gasteiger partial charge >= 0.3 is 5.69 Å². The van der Waals surface area contributed by atoms with Gasteiger partial charge in [-0.1, -0.05) is 0 Å². The molecular weight excluding hydrogens is 208 g/mol. The number of H-pyrrole nitrogens is 1. The van der Waals surface area contributed by atoms with E-state index in [0.29, 0.717) is 18.0 Å². The number of aromatic amines is 1. The number of nitrogens with one attached hydrogen (secondary N) is 2. The second-order valence-electron chi connectivity index (χ2n) is 4.14. The second-order valence-corrected chi connectivity index (χ2v) is 4.14. The van der Waals surface area contributed by atoms with Gasteiger partial charge in [0.05, 0.1) is 5.54 Å². The molecule has 1 fully saturated rings. The van der Waals surface area contributed by atoms with Gasteiger partial charge in [-0.2, -0.15) is 5.10 Å². The first-order valence-corrected chi connectivity index (χ1v) is 5.13. The normalized spacial score (nSPS) is 17.6. The lowest BCUT2D eigenvalue weighted by Crippen LogP contribution is -2.31. The summed E-state index contributed by atoms with van der Waals surface area (Å²) < 4.78 is 1.35. The van der Waals surface area contributed by atoms with Crippen molar-refractivity contribution in [2.75, 3.05) is 11.9 Å². The fraction of sp³-hybridized carbons (Fsp3) is 0.444. The number of aromatic nitrogens is 4. The van der Waals surface area contributed by atoms with E-state index in [1.165, 1.54) is 10.7 Å². The molecule has 4 N–H and O–H groups in total. The maximum atomic E-state index is 11.2. The summed E-state index contributed by atoms with van der Waals surface area (Å²) in [6.45, 7) is 0.591. The van der Waals surface area contributed by atoms with Crippen molar-refractivity contribution in [3.63, 3.8) is 0 Å². The van der Waals surface area contributed by atoms with Gasteiger partial charge in [-0.3, -0.25) is 0 Å². The van der Waals surface area contributed by atoms with Crippen LogP contribution in [0, 0.1) is 0 Å². The molecule has 2 aromatic heterocycles. The maximum absolute atomic E-state index is 11.2. The molecule has 7 nitrogen and oxygen atoms in total. The Bertz CT molecular complexity index is 581. The Balaban J connectivity index is 1.96. The Labute approximate surface area is 90.7 Å². The molecule has 3 rings (SSSR count). The smallest absolute Gasteiger partial charge is 0.348 e. The second kappa shape index (κ2) is 3.05. The van der Waals surface area contributed by atoms with Crippen LogP contribution in [0.25, 0.3) is 5.65 Å². The van der Waals surface area contributed by atoms with Crippen LogP contribution < -0.4 is 16.7 Å². The van der Waals surface area contributed by atoms with Crippen molar-refractivity contribution in [2.24, 2.45) is 5.73 Å². The van der Waals surface area contributed by atoms with Crippen molar-refractivity contribution in [3.8, 4) is 0 Å². The van der Waals surface area contributed by atoms with Gasteiger partial charge in [0.1, 0.15) is 12.1 Å². The zero-order chi connectivity index (χ0) is 11.2. The molecule has 0 unspecified atom stereocenters. The number of hydrogen-bond acceptors (Lipinski definition) is 5. The van der Waals surface area contributed by atoms with E-state index in [0.717, 1.165) is 12.8 Å². The lowest BCUT2D eigenvalue weighted by molar-refractivity contribution is 0.736. The summed E-state index contributed by atoms with van der Waals surface area (Å²) in [6.07, 6.45) is 3.57. The SMILES string of the molecule is NCC1(Nc2cc3n[nH]c(=O)n3cn2)CC1. The predicted octanol–water partition coefficient (Wildman–Crippen LogP) is -0.679. The Morgan fingerprint density at radius 1 is 1.62 bits per heavy atom. The molecule has 1 aliphatic rings. The average Bonchev–Trinajstić information content (AvgIpc) is 2.98. The maximum Gasteiger partial charge on any atom is 0.348 e. The standard InChI is InChI=1S/C9H12N6O/c10-4-9(1-2-9)12-6-3-7-13-14-8(16)15(7)5-11-6/h3,5,12H,1-2,4,10H2,(H,14,16). The number of hydrogen-bond donors (Lipinski definition) is 3. The van der Waals surface area contributed by atoms with Crippen molar-refractivity contribution in [2.45, 2.75) is 18.4 Å². The van der Waals surface area contributed by atoms with E-state index in [1.54, 1.807) is 6.07 Å². The van der Waals surface area contributed by atoms with Gasteiger partial charge in [0.2, 0.25) is 0 Å². The minimum atomic E-state index is -0.283. The van der Waals surface area contributed by atoms with E-state index in [4.69, 9.17) is 5.73 Å². The lowest BCUT2D eigenvalue weighted by Gasteiger charge is -2.14. The highest BCUT2D eigenvalue weighted by molar-refractivity contribution is 5.50. The molecule has 2 heterocycles. The van der Waals surface area contributed by atoms with E-state index < -0.39 is 0 Å². The van der Waals surface area contributed by atoms with E-state index >= 15 is 0 Å². The summed E-state index contributed by atoms with van der Waals surface area (Å²) in [7, 11) is 0. The number of anilines is 1. The van der Waals surface area contributed by atoms with Crippen LogP contribution in [-0.2, 0) is 0 Å². The van der Waals surface area contributed by atoms with Gasteiger partial charge < -0.3 is 11.1 Å². The van der Waals surface area contributed by atoms with Gasteiger partial charge in [-0.05, 0) is 12.8 Å². The topological polar surface area (TPSA) is 101 Å². The first-order valence-electron chi connectivity index (χ1n) is 5.13. The third-order valence-electron chi connectivity index (χ3n) is 2.95. The van der Waals surface area contributed by atoms with Crippen LogP contribution in [-0.4, -0.2) is 31.7 Å². The first-order chi connectivity index (χ1) is 7.72. The Morgan fingerprint density at radius 2 is 2.44 bits per heavy atom. The molecule has 0 aliphatic heterocycles. The fourth-order valence-corrected chi connectivity index (χ4v) is 1.68. The molecule has 0 saturated heterocycles. The van der Waals surface area contributed by atoms with Crippen LogP contribution in [0.4, 0.5) is 5.82 Å². The number of nitrogens with two attached hydrogens (primary N) is 1. The molecular formula is C9H12N6O. The molecule has 0 spiro atoms. The molecule has 0 atom stereocenters. The van der Waals surface area contributed by atoms with Crippen molar-refractivity contribution in [3.05, 3.63) is 22.9 Å². The van der Waals surface area contributed by atoms with E-state index in [-0.39, 0.29) is 11.2 Å². The van der Waals surface area contributed by atoms with Gasteiger partial charge in [0.25, 0.3) is 0 Å².